The lowest BCUT2D eigenvalue weighted by atomic mass is 10.0. The van der Waals surface area contributed by atoms with Crippen LogP contribution in [0.1, 0.15) is 31.1 Å². The van der Waals surface area contributed by atoms with Crippen LogP contribution in [-0.4, -0.2) is 17.7 Å². The van der Waals surface area contributed by atoms with E-state index in [1.807, 2.05) is 72.8 Å². The first-order chi connectivity index (χ1) is 20.0. The van der Waals surface area contributed by atoms with Gasteiger partial charge in [-0.25, -0.2) is 0 Å². The van der Waals surface area contributed by atoms with Gasteiger partial charge in [0.25, 0.3) is 17.7 Å². The fourth-order valence-electron chi connectivity index (χ4n) is 4.79. The zero-order valence-electron chi connectivity index (χ0n) is 21.9. The number of carbonyl (C=O) groups is 3. The smallest absolute Gasteiger partial charge is 0.256 e. The standard InChI is InChI=1S/C35H25N3O3/c39-33(25-15-17-26(18-16-25)37-34(40)31-13-5-9-23-7-1-3-11-29(23)31)36-27-19-21-28(22-20-27)38-35(41)32-14-6-10-24-8-2-4-12-30(24)32/h1-22H,(H,36,39)(H,37,40)(H,38,41). The third kappa shape index (κ3) is 5.53. The van der Waals surface area contributed by atoms with Crippen molar-refractivity contribution in [3.8, 4) is 0 Å². The minimum Gasteiger partial charge on any atom is -0.322 e. The van der Waals surface area contributed by atoms with Gasteiger partial charge in [0.1, 0.15) is 0 Å². The maximum atomic E-state index is 12.9. The van der Waals surface area contributed by atoms with Gasteiger partial charge in [-0.2, -0.15) is 0 Å². The van der Waals surface area contributed by atoms with Gasteiger partial charge in [0.2, 0.25) is 0 Å². The topological polar surface area (TPSA) is 87.3 Å². The number of benzene rings is 6. The zero-order valence-corrected chi connectivity index (χ0v) is 21.9. The number of amides is 3. The van der Waals surface area contributed by atoms with Crippen LogP contribution in [0.15, 0.2) is 133 Å². The van der Waals surface area contributed by atoms with Gasteiger partial charge in [-0.3, -0.25) is 14.4 Å². The lowest BCUT2D eigenvalue weighted by molar-refractivity contribution is 0.101. The maximum absolute atomic E-state index is 12.9. The van der Waals surface area contributed by atoms with E-state index in [0.29, 0.717) is 33.8 Å². The van der Waals surface area contributed by atoms with Gasteiger partial charge in [-0.05, 0) is 82.2 Å². The fourth-order valence-corrected chi connectivity index (χ4v) is 4.79. The third-order valence-electron chi connectivity index (χ3n) is 6.87. The van der Waals surface area contributed by atoms with E-state index in [-0.39, 0.29) is 17.7 Å². The molecule has 0 radical (unpaired) electrons. The molecule has 0 atom stereocenters. The molecule has 6 nitrogen and oxygen atoms in total. The molecule has 0 saturated heterocycles. The van der Waals surface area contributed by atoms with Crippen molar-refractivity contribution in [3.05, 3.63) is 150 Å². The number of hydrogen-bond donors (Lipinski definition) is 3. The first kappa shape index (κ1) is 25.5. The lowest BCUT2D eigenvalue weighted by Gasteiger charge is -2.10. The van der Waals surface area contributed by atoms with E-state index in [0.717, 1.165) is 21.5 Å². The van der Waals surface area contributed by atoms with E-state index in [9.17, 15) is 14.4 Å². The predicted octanol–water partition coefficient (Wildman–Crippen LogP) is 7.75. The molecular formula is C35H25N3O3. The van der Waals surface area contributed by atoms with Crippen molar-refractivity contribution >= 4 is 56.3 Å². The maximum Gasteiger partial charge on any atom is 0.256 e. The highest BCUT2D eigenvalue weighted by Crippen LogP contribution is 2.22. The lowest BCUT2D eigenvalue weighted by Crippen LogP contribution is -2.14. The highest BCUT2D eigenvalue weighted by atomic mass is 16.2. The van der Waals surface area contributed by atoms with Crippen molar-refractivity contribution in [2.75, 3.05) is 16.0 Å². The summed E-state index contributed by atoms with van der Waals surface area (Å²) in [5.74, 6) is -0.706. The minimum absolute atomic E-state index is 0.203. The molecule has 0 aliphatic heterocycles. The molecule has 3 amide bonds. The third-order valence-corrected chi connectivity index (χ3v) is 6.87. The van der Waals surface area contributed by atoms with Gasteiger partial charge >= 0.3 is 0 Å². The second-order valence-electron chi connectivity index (χ2n) is 9.57. The molecule has 198 valence electrons. The Morgan fingerprint density at radius 3 is 1.20 bits per heavy atom. The Balaban J connectivity index is 1.08. The van der Waals surface area contributed by atoms with Crippen molar-refractivity contribution in [1.29, 1.82) is 0 Å². The van der Waals surface area contributed by atoms with Crippen LogP contribution in [0, 0.1) is 0 Å². The summed E-state index contributed by atoms with van der Waals surface area (Å²) < 4.78 is 0. The normalized spacial score (nSPS) is 10.7. The number of nitrogens with one attached hydrogen (secondary N) is 3. The van der Waals surface area contributed by atoms with Gasteiger partial charge in [-0.1, -0.05) is 72.8 Å². The minimum atomic E-state index is -0.288. The van der Waals surface area contributed by atoms with Gasteiger partial charge in [0.05, 0.1) is 0 Å². The molecule has 0 fully saturated rings. The van der Waals surface area contributed by atoms with Crippen molar-refractivity contribution in [1.82, 2.24) is 0 Å². The number of fused-ring (bicyclic) bond motifs is 2. The number of hydrogen-bond acceptors (Lipinski definition) is 3. The Morgan fingerprint density at radius 1 is 0.366 bits per heavy atom. The first-order valence-electron chi connectivity index (χ1n) is 13.1. The van der Waals surface area contributed by atoms with Crippen LogP contribution in [0.3, 0.4) is 0 Å². The van der Waals surface area contributed by atoms with E-state index in [2.05, 4.69) is 16.0 Å². The van der Waals surface area contributed by atoms with Crippen molar-refractivity contribution in [3.63, 3.8) is 0 Å². The summed E-state index contributed by atoms with van der Waals surface area (Å²) in [7, 11) is 0. The summed E-state index contributed by atoms with van der Waals surface area (Å²) in [6.07, 6.45) is 0. The highest BCUT2D eigenvalue weighted by molar-refractivity contribution is 6.14. The van der Waals surface area contributed by atoms with Crippen LogP contribution in [0.2, 0.25) is 0 Å². The molecule has 0 unspecified atom stereocenters. The summed E-state index contributed by atoms with van der Waals surface area (Å²) >= 11 is 0. The average molecular weight is 536 g/mol. The summed E-state index contributed by atoms with van der Waals surface area (Å²) in [6, 6.07) is 40.4. The van der Waals surface area contributed by atoms with Gasteiger partial charge < -0.3 is 16.0 Å². The molecule has 0 spiro atoms. The summed E-state index contributed by atoms with van der Waals surface area (Å²) in [4.78, 5) is 38.6. The summed E-state index contributed by atoms with van der Waals surface area (Å²) in [5.41, 5.74) is 3.42. The summed E-state index contributed by atoms with van der Waals surface area (Å²) in [6.45, 7) is 0. The Bertz CT molecular complexity index is 1900. The molecule has 0 bridgehead atoms. The van der Waals surface area contributed by atoms with E-state index in [1.54, 1.807) is 60.7 Å². The fraction of sp³-hybridized carbons (Fsp3) is 0. The van der Waals surface area contributed by atoms with Gasteiger partial charge in [-0.15, -0.1) is 0 Å². The Hall–Kier alpha value is -5.75. The molecule has 0 heterocycles. The molecule has 0 aliphatic rings. The highest BCUT2D eigenvalue weighted by Gasteiger charge is 2.13. The van der Waals surface area contributed by atoms with Crippen LogP contribution in [0.4, 0.5) is 17.1 Å². The SMILES string of the molecule is O=C(Nc1ccc(NC(=O)c2cccc3ccccc23)cc1)c1ccc(NC(=O)c2cccc3ccccc23)cc1. The molecule has 6 rings (SSSR count). The van der Waals surface area contributed by atoms with Crippen molar-refractivity contribution < 1.29 is 14.4 Å². The van der Waals surface area contributed by atoms with Gasteiger partial charge in [0, 0.05) is 33.8 Å². The monoisotopic (exact) mass is 535 g/mol. The first-order valence-corrected chi connectivity index (χ1v) is 13.1. The molecule has 3 N–H and O–H groups in total. The largest absolute Gasteiger partial charge is 0.322 e. The van der Waals surface area contributed by atoms with Crippen LogP contribution in [0.25, 0.3) is 21.5 Å². The molecule has 6 aromatic rings. The molecule has 0 aliphatic carbocycles. The summed E-state index contributed by atoms with van der Waals surface area (Å²) in [5, 5.41) is 12.4. The zero-order chi connectivity index (χ0) is 28.2. The number of carbonyl (C=O) groups excluding carboxylic acids is 3. The van der Waals surface area contributed by atoms with Crippen molar-refractivity contribution in [2.24, 2.45) is 0 Å². The molecule has 6 heteroatoms. The predicted molar refractivity (Wildman–Crippen MR) is 165 cm³/mol. The van der Waals surface area contributed by atoms with E-state index in [4.69, 9.17) is 0 Å². The Kier molecular flexibility index (Phi) is 6.95. The second-order valence-corrected chi connectivity index (χ2v) is 9.57. The van der Waals surface area contributed by atoms with E-state index < -0.39 is 0 Å². The molecular weight excluding hydrogens is 510 g/mol. The van der Waals surface area contributed by atoms with Crippen LogP contribution < -0.4 is 16.0 Å². The number of rotatable bonds is 6. The van der Waals surface area contributed by atoms with Crippen LogP contribution >= 0.6 is 0 Å². The molecule has 0 aromatic heterocycles. The average Bonchev–Trinajstić information content (AvgIpc) is 3.01. The molecule has 0 saturated carbocycles. The van der Waals surface area contributed by atoms with Gasteiger partial charge in [0.15, 0.2) is 0 Å². The second kappa shape index (κ2) is 11.2. The molecule has 6 aromatic carbocycles. The van der Waals surface area contributed by atoms with Crippen molar-refractivity contribution in [2.45, 2.75) is 0 Å². The van der Waals surface area contributed by atoms with Crippen LogP contribution in [-0.2, 0) is 0 Å². The quantitative estimate of drug-likeness (QED) is 0.204. The Labute approximate surface area is 236 Å². The Morgan fingerprint density at radius 2 is 0.732 bits per heavy atom. The van der Waals surface area contributed by atoms with E-state index >= 15 is 0 Å². The molecule has 41 heavy (non-hydrogen) atoms. The van der Waals surface area contributed by atoms with E-state index in [1.165, 1.54) is 0 Å². The number of anilines is 3. The van der Waals surface area contributed by atoms with Crippen LogP contribution in [0.5, 0.6) is 0 Å².